The Labute approximate surface area is 344 Å². The summed E-state index contributed by atoms with van der Waals surface area (Å²) in [6, 6.07) is 65.0. The zero-order chi connectivity index (χ0) is 39.2. The number of anilines is 6. The number of aryl methyl sites for hydroxylation is 2. The quantitative estimate of drug-likeness (QED) is 0.157. The van der Waals surface area contributed by atoms with Crippen LogP contribution in [0.4, 0.5) is 34.1 Å². The third-order valence-corrected chi connectivity index (χ3v) is 13.1. The number of hydrogen-bond donors (Lipinski definition) is 0. The van der Waals surface area contributed by atoms with E-state index < -0.39 is 0 Å². The second kappa shape index (κ2) is 13.1. The van der Waals surface area contributed by atoms with Crippen molar-refractivity contribution in [1.82, 2.24) is 0 Å². The fourth-order valence-corrected chi connectivity index (χ4v) is 10.5. The third-order valence-electron chi connectivity index (χ3n) is 11.9. The lowest BCUT2D eigenvalue weighted by molar-refractivity contribution is 0.668. The van der Waals surface area contributed by atoms with E-state index in [0.29, 0.717) is 0 Å². The Kier molecular flexibility index (Phi) is 7.50. The number of thiophene rings is 1. The summed E-state index contributed by atoms with van der Waals surface area (Å²) >= 11 is 1.85. The highest BCUT2D eigenvalue weighted by Crippen LogP contribution is 2.57. The molecule has 3 heterocycles. The Morgan fingerprint density at radius 2 is 0.763 bits per heavy atom. The van der Waals surface area contributed by atoms with E-state index >= 15 is 0 Å². The van der Waals surface area contributed by atoms with Gasteiger partial charge in [-0.05, 0) is 67.4 Å². The molecule has 0 bridgehead atoms. The first-order valence-corrected chi connectivity index (χ1v) is 20.8. The van der Waals surface area contributed by atoms with Crippen molar-refractivity contribution in [3.8, 4) is 0 Å². The van der Waals surface area contributed by atoms with Crippen molar-refractivity contribution in [1.29, 1.82) is 0 Å². The molecule has 0 saturated carbocycles. The van der Waals surface area contributed by atoms with Gasteiger partial charge < -0.3 is 18.6 Å². The van der Waals surface area contributed by atoms with Crippen LogP contribution in [0.1, 0.15) is 11.1 Å². The topological polar surface area (TPSA) is 32.8 Å². The molecule has 59 heavy (non-hydrogen) atoms. The zero-order valence-corrected chi connectivity index (χ0v) is 33.3. The van der Waals surface area contributed by atoms with Crippen LogP contribution in [0.25, 0.3) is 74.8 Å². The largest absolute Gasteiger partial charge is 0.454 e. The molecular weight excluding hydrogens is 741 g/mol. The number of hydrogen-bond acceptors (Lipinski definition) is 5. The van der Waals surface area contributed by atoms with Gasteiger partial charge >= 0.3 is 0 Å². The summed E-state index contributed by atoms with van der Waals surface area (Å²) in [6.07, 6.45) is 0. The molecular formula is C54H36N2O2S. The number of nitrogens with zero attached hydrogens (tertiary/aromatic N) is 2. The molecule has 12 aromatic rings. The molecule has 0 fully saturated rings. The number of rotatable bonds is 6. The van der Waals surface area contributed by atoms with Crippen LogP contribution in [0.2, 0.25) is 0 Å². The maximum absolute atomic E-state index is 6.84. The molecule has 0 aliphatic heterocycles. The Balaban J connectivity index is 1.27. The summed E-state index contributed by atoms with van der Waals surface area (Å²) in [5.74, 6) is 0. The van der Waals surface area contributed by atoms with Gasteiger partial charge in [-0.25, -0.2) is 0 Å². The minimum absolute atomic E-state index is 0.857. The first kappa shape index (κ1) is 33.8. The Bertz CT molecular complexity index is 3630. The molecule has 3 aromatic heterocycles. The van der Waals surface area contributed by atoms with Gasteiger partial charge in [0.15, 0.2) is 11.2 Å². The summed E-state index contributed by atoms with van der Waals surface area (Å²) in [5.41, 5.74) is 12.2. The smallest absolute Gasteiger partial charge is 0.159 e. The predicted octanol–water partition coefficient (Wildman–Crippen LogP) is 16.6. The SMILES string of the molecule is Cc1ccccc1N(c1cccc2c1oc1ccccc12)c1c2ccccc2c(N(c2ccccc2C)c2cccc3c2oc2ccccc23)c2c1sc1ccccc12. The lowest BCUT2D eigenvalue weighted by atomic mass is 9.97. The van der Waals surface area contributed by atoms with Crippen LogP contribution in [0.15, 0.2) is 191 Å². The number of fused-ring (bicyclic) bond motifs is 10. The fourth-order valence-electron chi connectivity index (χ4n) is 9.24. The van der Waals surface area contributed by atoms with Crippen LogP contribution in [0.3, 0.4) is 0 Å². The van der Waals surface area contributed by atoms with E-state index in [4.69, 9.17) is 8.83 Å². The van der Waals surface area contributed by atoms with Crippen molar-refractivity contribution in [2.45, 2.75) is 13.8 Å². The molecule has 0 radical (unpaired) electrons. The fraction of sp³-hybridized carbons (Fsp3) is 0.0370. The number of para-hydroxylation sites is 6. The summed E-state index contributed by atoms with van der Waals surface area (Å²) in [4.78, 5) is 4.92. The molecule has 0 aliphatic carbocycles. The van der Waals surface area contributed by atoms with E-state index in [-0.39, 0.29) is 0 Å². The summed E-state index contributed by atoms with van der Waals surface area (Å²) in [7, 11) is 0. The van der Waals surface area contributed by atoms with Crippen molar-refractivity contribution in [3.05, 3.63) is 193 Å². The van der Waals surface area contributed by atoms with Crippen LogP contribution in [-0.4, -0.2) is 0 Å². The summed E-state index contributed by atoms with van der Waals surface area (Å²) in [5, 5.41) is 9.05. The van der Waals surface area contributed by atoms with Gasteiger partial charge in [0.05, 0.1) is 27.4 Å². The lowest BCUT2D eigenvalue weighted by Gasteiger charge is -2.33. The van der Waals surface area contributed by atoms with Crippen molar-refractivity contribution in [2.24, 2.45) is 0 Å². The van der Waals surface area contributed by atoms with E-state index in [9.17, 15) is 0 Å². The molecule has 9 aromatic carbocycles. The number of furan rings is 2. The van der Waals surface area contributed by atoms with E-state index in [0.717, 1.165) is 88.8 Å². The van der Waals surface area contributed by atoms with E-state index in [1.165, 1.54) is 31.3 Å². The normalized spacial score (nSPS) is 11.9. The van der Waals surface area contributed by atoms with E-state index in [1.807, 2.05) is 23.5 Å². The third kappa shape index (κ3) is 5.01. The van der Waals surface area contributed by atoms with Crippen molar-refractivity contribution in [2.75, 3.05) is 9.80 Å². The van der Waals surface area contributed by atoms with Gasteiger partial charge in [0, 0.05) is 59.2 Å². The molecule has 0 N–H and O–H groups in total. The molecule has 280 valence electrons. The van der Waals surface area contributed by atoms with Gasteiger partial charge in [-0.3, -0.25) is 0 Å². The van der Waals surface area contributed by atoms with Crippen LogP contribution < -0.4 is 9.80 Å². The summed E-state index contributed by atoms with van der Waals surface area (Å²) in [6.45, 7) is 4.40. The zero-order valence-electron chi connectivity index (χ0n) is 32.4. The maximum Gasteiger partial charge on any atom is 0.159 e. The standard InChI is InChI=1S/C54H36N2O2S/c1-33-17-3-10-26-42(33)55(44-28-15-24-39-35-19-7-12-30-46(35)57-52(39)44)50-37-21-5-6-22-38(37)51(54-49(50)41-23-9-14-32-48(41)59-54)56(43-27-11-4-18-34(43)2)45-29-16-25-40-36-20-8-13-31-47(36)58-53(40)45/h3-32H,1-2H3. The summed E-state index contributed by atoms with van der Waals surface area (Å²) < 4.78 is 16.1. The highest BCUT2D eigenvalue weighted by Gasteiger charge is 2.31. The van der Waals surface area contributed by atoms with Gasteiger partial charge in [-0.2, -0.15) is 0 Å². The molecule has 5 heteroatoms. The average molecular weight is 777 g/mol. The van der Waals surface area contributed by atoms with E-state index in [1.54, 1.807) is 0 Å². The van der Waals surface area contributed by atoms with Crippen LogP contribution in [0, 0.1) is 13.8 Å². The highest BCUT2D eigenvalue weighted by atomic mass is 32.1. The average Bonchev–Trinajstić information content (AvgIpc) is 3.98. The van der Waals surface area contributed by atoms with Crippen LogP contribution in [0.5, 0.6) is 0 Å². The predicted molar refractivity (Wildman–Crippen MR) is 250 cm³/mol. The monoisotopic (exact) mass is 776 g/mol. The van der Waals surface area contributed by atoms with Gasteiger partial charge in [0.25, 0.3) is 0 Å². The maximum atomic E-state index is 6.84. The highest BCUT2D eigenvalue weighted by molar-refractivity contribution is 7.26. The van der Waals surface area contributed by atoms with Crippen LogP contribution in [-0.2, 0) is 0 Å². The number of benzene rings is 9. The second-order valence-corrected chi connectivity index (χ2v) is 16.3. The Hall–Kier alpha value is -7.34. The molecule has 0 spiro atoms. The Morgan fingerprint density at radius 1 is 0.356 bits per heavy atom. The molecule has 0 aliphatic rings. The van der Waals surface area contributed by atoms with Gasteiger partial charge in [0.2, 0.25) is 0 Å². The molecule has 0 amide bonds. The van der Waals surface area contributed by atoms with E-state index in [2.05, 4.69) is 194 Å². The molecule has 12 rings (SSSR count). The Morgan fingerprint density at radius 3 is 1.32 bits per heavy atom. The molecule has 4 nitrogen and oxygen atoms in total. The minimum Gasteiger partial charge on any atom is -0.454 e. The van der Waals surface area contributed by atoms with Crippen LogP contribution >= 0.6 is 11.3 Å². The van der Waals surface area contributed by atoms with Gasteiger partial charge in [0.1, 0.15) is 11.2 Å². The van der Waals surface area contributed by atoms with Crippen molar-refractivity contribution in [3.63, 3.8) is 0 Å². The minimum atomic E-state index is 0.857. The van der Waals surface area contributed by atoms with Crippen molar-refractivity contribution >= 4 is 120 Å². The first-order valence-electron chi connectivity index (χ1n) is 20.0. The van der Waals surface area contributed by atoms with Gasteiger partial charge in [-0.15, -0.1) is 11.3 Å². The molecule has 0 atom stereocenters. The lowest BCUT2D eigenvalue weighted by Crippen LogP contribution is -2.15. The molecule has 0 unspecified atom stereocenters. The first-order chi connectivity index (χ1) is 29.1. The van der Waals surface area contributed by atoms with Crippen molar-refractivity contribution < 1.29 is 8.83 Å². The second-order valence-electron chi connectivity index (χ2n) is 15.3. The molecule has 0 saturated heterocycles. The van der Waals surface area contributed by atoms with Gasteiger partial charge in [-0.1, -0.05) is 140 Å².